The number of nitrogens with zero attached hydrogens (tertiary/aromatic N) is 1. The van der Waals surface area contributed by atoms with Crippen molar-refractivity contribution in [3.05, 3.63) is 52.0 Å². The lowest BCUT2D eigenvalue weighted by atomic mass is 9.93. The summed E-state index contributed by atoms with van der Waals surface area (Å²) >= 11 is 9.94. The summed E-state index contributed by atoms with van der Waals surface area (Å²) in [5, 5.41) is 23.7. The SMILES string of the molecule is CC(C)OC(=O)C(C)NP(=O)(OCC1OC(n2ccc(=S)[nH]c2=S)C(O)(C(F)(F)F)C1O)Oc1ccccc1. The number of aliphatic hydroxyl groups is 2. The van der Waals surface area contributed by atoms with Gasteiger partial charge in [0.15, 0.2) is 11.0 Å². The summed E-state index contributed by atoms with van der Waals surface area (Å²) in [4.78, 5) is 14.8. The maximum Gasteiger partial charge on any atom is 0.459 e. The molecule has 11 nitrogen and oxygen atoms in total. The zero-order valence-electron chi connectivity index (χ0n) is 20.8. The van der Waals surface area contributed by atoms with Crippen molar-refractivity contribution in [2.75, 3.05) is 6.61 Å². The molecule has 17 heteroatoms. The minimum Gasteiger partial charge on any atom is -0.462 e. The molecule has 0 radical (unpaired) electrons. The number of carbonyl (C=O) groups is 1. The van der Waals surface area contributed by atoms with Crippen LogP contribution >= 0.6 is 32.2 Å². The number of ether oxygens (including phenoxy) is 2. The second kappa shape index (κ2) is 12.1. The summed E-state index contributed by atoms with van der Waals surface area (Å²) in [6, 6.07) is 7.60. The predicted molar refractivity (Wildman–Crippen MR) is 136 cm³/mol. The van der Waals surface area contributed by atoms with Gasteiger partial charge in [-0.25, -0.2) is 4.57 Å². The molecule has 1 fully saturated rings. The summed E-state index contributed by atoms with van der Waals surface area (Å²) in [6.07, 6.45) is -11.6. The van der Waals surface area contributed by atoms with Crippen LogP contribution in [-0.4, -0.2) is 68.5 Å². The van der Waals surface area contributed by atoms with Crippen molar-refractivity contribution in [1.82, 2.24) is 14.6 Å². The van der Waals surface area contributed by atoms with E-state index in [9.17, 15) is 32.7 Å². The van der Waals surface area contributed by atoms with E-state index in [2.05, 4.69) is 10.1 Å². The number of alkyl halides is 3. The number of aromatic amines is 1. The molecule has 1 aliphatic rings. The predicted octanol–water partition coefficient (Wildman–Crippen LogP) is 3.96. The highest BCUT2D eigenvalue weighted by Crippen LogP contribution is 2.51. The molecule has 39 heavy (non-hydrogen) atoms. The Bertz CT molecular complexity index is 1330. The number of esters is 1. The van der Waals surface area contributed by atoms with E-state index >= 15 is 0 Å². The smallest absolute Gasteiger partial charge is 0.459 e. The first kappa shape index (κ1) is 31.4. The Morgan fingerprint density at radius 1 is 1.26 bits per heavy atom. The number of aromatic nitrogens is 2. The van der Waals surface area contributed by atoms with E-state index in [-0.39, 0.29) is 15.2 Å². The topological polar surface area (TPSA) is 144 Å². The zero-order valence-corrected chi connectivity index (χ0v) is 23.4. The third kappa shape index (κ3) is 7.13. The molecule has 0 spiro atoms. The maximum absolute atomic E-state index is 14.1. The third-order valence-electron chi connectivity index (χ3n) is 5.48. The number of hydrogen-bond donors (Lipinski definition) is 4. The number of rotatable bonds is 10. The zero-order chi connectivity index (χ0) is 29.2. The summed E-state index contributed by atoms with van der Waals surface area (Å²) in [5.41, 5.74) is -3.85. The lowest BCUT2D eigenvalue weighted by Crippen LogP contribution is -2.57. The first-order valence-electron chi connectivity index (χ1n) is 11.5. The van der Waals surface area contributed by atoms with Gasteiger partial charge in [0.2, 0.25) is 5.60 Å². The molecule has 2 heterocycles. The normalized spacial score (nSPS) is 25.7. The van der Waals surface area contributed by atoms with Gasteiger partial charge in [-0.15, -0.1) is 0 Å². The number of halogens is 3. The Hall–Kier alpha value is -2.17. The lowest BCUT2D eigenvalue weighted by Gasteiger charge is -2.33. The average molecular weight is 614 g/mol. The van der Waals surface area contributed by atoms with Gasteiger partial charge in [0.25, 0.3) is 0 Å². The largest absolute Gasteiger partial charge is 0.462 e. The molecule has 1 saturated heterocycles. The molecule has 0 amide bonds. The van der Waals surface area contributed by atoms with Gasteiger partial charge >= 0.3 is 19.9 Å². The molecule has 1 aliphatic heterocycles. The number of hydrogen-bond acceptors (Lipinski definition) is 10. The average Bonchev–Trinajstić information content (AvgIpc) is 3.09. The summed E-state index contributed by atoms with van der Waals surface area (Å²) in [7, 11) is -4.52. The van der Waals surface area contributed by atoms with Gasteiger partial charge < -0.3 is 29.2 Å². The summed E-state index contributed by atoms with van der Waals surface area (Å²) < 4.78 is 77.7. The molecule has 216 valence electrons. The Morgan fingerprint density at radius 3 is 2.46 bits per heavy atom. The van der Waals surface area contributed by atoms with Crippen LogP contribution < -0.4 is 9.61 Å². The van der Waals surface area contributed by atoms with Gasteiger partial charge in [0.1, 0.15) is 28.6 Å². The number of H-pyrrole nitrogens is 1. The molecule has 1 aromatic heterocycles. The van der Waals surface area contributed by atoms with E-state index < -0.39 is 62.7 Å². The van der Waals surface area contributed by atoms with Crippen LogP contribution in [0.25, 0.3) is 0 Å². The fraction of sp³-hybridized carbons (Fsp3) is 0.500. The highest BCUT2D eigenvalue weighted by atomic mass is 32.1. The fourth-order valence-electron chi connectivity index (χ4n) is 3.61. The molecule has 6 unspecified atom stereocenters. The van der Waals surface area contributed by atoms with Crippen molar-refractivity contribution in [2.24, 2.45) is 0 Å². The molecule has 0 saturated carbocycles. The van der Waals surface area contributed by atoms with Crippen LogP contribution in [0.5, 0.6) is 5.75 Å². The lowest BCUT2D eigenvalue weighted by molar-refractivity contribution is -0.304. The standard InChI is InChI=1S/C22H27F3N3O8PS2/c1-12(2)34-18(30)13(3)27-37(32,36-14-7-5-4-6-8-14)33-11-15-17(29)21(31,22(23,24)25)19(35-15)28-10-9-16(38)26-20(28)39/h4-10,12-13,15,17,19,29,31H,11H2,1-3H3,(H,27,32)(H,26,38,39). The van der Waals surface area contributed by atoms with Gasteiger partial charge in [-0.1, -0.05) is 30.4 Å². The second-order valence-corrected chi connectivity index (χ2v) is 11.4. The van der Waals surface area contributed by atoms with Gasteiger partial charge in [-0.05, 0) is 51.2 Å². The van der Waals surface area contributed by atoms with Crippen LogP contribution in [0.15, 0.2) is 42.6 Å². The van der Waals surface area contributed by atoms with E-state index in [1.165, 1.54) is 25.1 Å². The van der Waals surface area contributed by atoms with E-state index in [0.29, 0.717) is 0 Å². The van der Waals surface area contributed by atoms with Crippen LogP contribution in [0.2, 0.25) is 0 Å². The first-order valence-corrected chi connectivity index (χ1v) is 13.8. The Labute approximate surface area is 231 Å². The highest BCUT2D eigenvalue weighted by molar-refractivity contribution is 7.72. The number of para-hydroxylation sites is 1. The molecule has 1 aromatic carbocycles. The number of aliphatic hydroxyl groups excluding tert-OH is 1. The highest BCUT2D eigenvalue weighted by Gasteiger charge is 2.71. The van der Waals surface area contributed by atoms with E-state index in [0.717, 1.165) is 10.8 Å². The minimum atomic E-state index is -5.40. The Balaban J connectivity index is 1.90. The van der Waals surface area contributed by atoms with E-state index in [1.807, 2.05) is 0 Å². The van der Waals surface area contributed by atoms with Crippen molar-refractivity contribution < 1.29 is 51.3 Å². The van der Waals surface area contributed by atoms with Gasteiger partial charge in [-0.2, -0.15) is 18.3 Å². The molecule has 0 aliphatic carbocycles. The van der Waals surface area contributed by atoms with Crippen molar-refractivity contribution in [3.63, 3.8) is 0 Å². The van der Waals surface area contributed by atoms with Gasteiger partial charge in [-0.3, -0.25) is 13.9 Å². The molecule has 4 N–H and O–H groups in total. The quantitative estimate of drug-likeness (QED) is 0.176. The van der Waals surface area contributed by atoms with E-state index in [4.69, 9.17) is 43.0 Å². The van der Waals surface area contributed by atoms with Crippen molar-refractivity contribution in [2.45, 2.75) is 63.1 Å². The fourth-order valence-corrected chi connectivity index (χ4v) is 5.60. The Morgan fingerprint density at radius 2 is 1.90 bits per heavy atom. The van der Waals surface area contributed by atoms with Crippen molar-refractivity contribution in [1.29, 1.82) is 0 Å². The molecule has 6 atom stereocenters. The third-order valence-corrected chi connectivity index (χ3v) is 7.67. The molecular formula is C22H27F3N3O8PS2. The molecule has 0 bridgehead atoms. The van der Waals surface area contributed by atoms with Crippen molar-refractivity contribution in [3.8, 4) is 5.75 Å². The molecule has 3 rings (SSSR count). The van der Waals surface area contributed by atoms with Crippen LogP contribution in [0.4, 0.5) is 13.2 Å². The monoisotopic (exact) mass is 613 g/mol. The summed E-state index contributed by atoms with van der Waals surface area (Å²) in [6.45, 7) is 3.56. The number of nitrogens with one attached hydrogen (secondary N) is 2. The van der Waals surface area contributed by atoms with Crippen molar-refractivity contribution >= 4 is 38.2 Å². The number of carbonyl (C=O) groups excluding carboxylic acids is 1. The maximum atomic E-state index is 14.1. The van der Waals surface area contributed by atoms with Gasteiger partial charge in [0, 0.05) is 6.20 Å². The van der Waals surface area contributed by atoms with Crippen LogP contribution in [0.3, 0.4) is 0 Å². The second-order valence-electron chi connectivity index (χ2n) is 8.85. The number of benzene rings is 1. The minimum absolute atomic E-state index is 0.0427. The van der Waals surface area contributed by atoms with Crippen LogP contribution in [0.1, 0.15) is 27.0 Å². The van der Waals surface area contributed by atoms with E-state index in [1.54, 1.807) is 32.0 Å². The summed E-state index contributed by atoms with van der Waals surface area (Å²) in [5.74, 6) is -0.758. The molecule has 2 aromatic rings. The molecular weight excluding hydrogens is 586 g/mol. The first-order chi connectivity index (χ1) is 18.1. The van der Waals surface area contributed by atoms with Crippen LogP contribution in [-0.2, 0) is 23.4 Å². The van der Waals surface area contributed by atoms with Gasteiger partial charge in [0.05, 0.1) is 12.7 Å². The Kier molecular flexibility index (Phi) is 9.76. The van der Waals surface area contributed by atoms with Crippen LogP contribution in [0, 0.1) is 9.41 Å².